The number of rotatable bonds is 2. The molecular formula is C7H9BrN2S. The van der Waals surface area contributed by atoms with Gasteiger partial charge in [0, 0.05) is 17.7 Å². The maximum Gasteiger partial charge on any atom is 0.139 e. The molecule has 1 aromatic heterocycles. The molecule has 0 unspecified atom stereocenters. The van der Waals surface area contributed by atoms with E-state index in [9.17, 15) is 0 Å². The lowest BCUT2D eigenvalue weighted by Crippen LogP contribution is -1.93. The summed E-state index contributed by atoms with van der Waals surface area (Å²) in [6.45, 7) is 0. The van der Waals surface area contributed by atoms with Crippen molar-refractivity contribution in [1.82, 2.24) is 4.98 Å². The molecule has 0 saturated carbocycles. The zero-order valence-corrected chi connectivity index (χ0v) is 8.79. The normalized spacial score (nSPS) is 9.73. The number of hydrogen-bond acceptors (Lipinski definition) is 3. The lowest BCUT2D eigenvalue weighted by molar-refractivity contribution is 1.20. The predicted octanol–water partition coefficient (Wildman–Crippen LogP) is 2.61. The number of aromatic nitrogens is 1. The third-order valence-electron chi connectivity index (χ3n) is 1.28. The first-order chi connectivity index (χ1) is 5.27. The highest BCUT2D eigenvalue weighted by Gasteiger charge is 2.00. The van der Waals surface area contributed by atoms with Crippen molar-refractivity contribution in [2.75, 3.05) is 18.6 Å². The topological polar surface area (TPSA) is 24.9 Å². The molecule has 0 fully saturated rings. The van der Waals surface area contributed by atoms with Crippen LogP contribution >= 0.6 is 27.7 Å². The zero-order valence-electron chi connectivity index (χ0n) is 6.39. The SMILES string of the molecule is CNc1ncc(Br)cc1SC. The summed E-state index contributed by atoms with van der Waals surface area (Å²) in [6, 6.07) is 2.05. The van der Waals surface area contributed by atoms with Crippen LogP contribution in [0.3, 0.4) is 0 Å². The number of nitrogens with zero attached hydrogens (tertiary/aromatic N) is 1. The van der Waals surface area contributed by atoms with E-state index in [0.29, 0.717) is 0 Å². The predicted molar refractivity (Wildman–Crippen MR) is 53.3 cm³/mol. The fourth-order valence-corrected chi connectivity index (χ4v) is 1.84. The van der Waals surface area contributed by atoms with Crippen LogP contribution < -0.4 is 5.32 Å². The molecule has 0 aliphatic carbocycles. The lowest BCUT2D eigenvalue weighted by atomic mass is 10.4. The van der Waals surface area contributed by atoms with Gasteiger partial charge in [0.2, 0.25) is 0 Å². The molecule has 11 heavy (non-hydrogen) atoms. The molecule has 0 amide bonds. The first-order valence-electron chi connectivity index (χ1n) is 3.15. The van der Waals surface area contributed by atoms with Gasteiger partial charge in [-0.25, -0.2) is 4.98 Å². The van der Waals surface area contributed by atoms with Gasteiger partial charge in [-0.1, -0.05) is 0 Å². The van der Waals surface area contributed by atoms with Gasteiger partial charge in [-0.15, -0.1) is 11.8 Å². The Balaban J connectivity index is 3.06. The summed E-state index contributed by atoms with van der Waals surface area (Å²) in [6.07, 6.45) is 3.82. The second-order valence-corrected chi connectivity index (χ2v) is 3.72. The molecular weight excluding hydrogens is 224 g/mol. The van der Waals surface area contributed by atoms with Gasteiger partial charge in [0.1, 0.15) is 5.82 Å². The smallest absolute Gasteiger partial charge is 0.139 e. The Morgan fingerprint density at radius 2 is 2.36 bits per heavy atom. The summed E-state index contributed by atoms with van der Waals surface area (Å²) in [4.78, 5) is 5.34. The summed E-state index contributed by atoms with van der Waals surface area (Å²) in [5.74, 6) is 0.931. The summed E-state index contributed by atoms with van der Waals surface area (Å²) in [5.41, 5.74) is 0. The first kappa shape index (κ1) is 8.87. The fourth-order valence-electron chi connectivity index (χ4n) is 0.764. The summed E-state index contributed by atoms with van der Waals surface area (Å²) in [5, 5.41) is 3.02. The number of nitrogens with one attached hydrogen (secondary N) is 1. The minimum absolute atomic E-state index is 0.931. The van der Waals surface area contributed by atoms with Gasteiger partial charge < -0.3 is 5.32 Å². The number of anilines is 1. The average Bonchev–Trinajstić information content (AvgIpc) is 2.04. The summed E-state index contributed by atoms with van der Waals surface area (Å²) in [7, 11) is 1.87. The summed E-state index contributed by atoms with van der Waals surface area (Å²) < 4.78 is 1.01. The van der Waals surface area contributed by atoms with Crippen molar-refractivity contribution < 1.29 is 0 Å². The molecule has 1 heterocycles. The van der Waals surface area contributed by atoms with E-state index >= 15 is 0 Å². The third-order valence-corrected chi connectivity index (χ3v) is 2.46. The van der Waals surface area contributed by atoms with Crippen LogP contribution in [0.1, 0.15) is 0 Å². The minimum atomic E-state index is 0.931. The quantitative estimate of drug-likeness (QED) is 0.795. The Morgan fingerprint density at radius 3 is 2.91 bits per heavy atom. The van der Waals surface area contributed by atoms with Crippen molar-refractivity contribution in [1.29, 1.82) is 0 Å². The van der Waals surface area contributed by atoms with E-state index in [2.05, 4.69) is 26.2 Å². The van der Waals surface area contributed by atoms with E-state index in [1.165, 1.54) is 0 Å². The van der Waals surface area contributed by atoms with E-state index in [0.717, 1.165) is 15.2 Å². The van der Waals surface area contributed by atoms with Crippen molar-refractivity contribution in [2.24, 2.45) is 0 Å². The van der Waals surface area contributed by atoms with Gasteiger partial charge in [0.25, 0.3) is 0 Å². The van der Waals surface area contributed by atoms with Crippen LogP contribution in [0.25, 0.3) is 0 Å². The molecule has 2 nitrogen and oxygen atoms in total. The Hall–Kier alpha value is -0.220. The number of hydrogen-bond donors (Lipinski definition) is 1. The fraction of sp³-hybridized carbons (Fsp3) is 0.286. The van der Waals surface area contributed by atoms with E-state index in [1.54, 1.807) is 18.0 Å². The molecule has 1 aromatic rings. The molecule has 0 radical (unpaired) electrons. The maximum absolute atomic E-state index is 4.19. The molecule has 0 aliphatic heterocycles. The third kappa shape index (κ3) is 2.10. The molecule has 0 aliphatic rings. The van der Waals surface area contributed by atoms with Crippen molar-refractivity contribution in [3.05, 3.63) is 16.7 Å². The zero-order chi connectivity index (χ0) is 8.27. The van der Waals surface area contributed by atoms with E-state index in [-0.39, 0.29) is 0 Å². The van der Waals surface area contributed by atoms with Crippen LogP contribution in [-0.4, -0.2) is 18.3 Å². The van der Waals surface area contributed by atoms with E-state index in [1.807, 2.05) is 19.4 Å². The summed E-state index contributed by atoms with van der Waals surface area (Å²) >= 11 is 5.04. The highest BCUT2D eigenvalue weighted by molar-refractivity contribution is 9.10. The molecule has 1 rings (SSSR count). The van der Waals surface area contributed by atoms with Gasteiger partial charge in [-0.2, -0.15) is 0 Å². The second kappa shape index (κ2) is 3.97. The molecule has 0 atom stereocenters. The lowest BCUT2D eigenvalue weighted by Gasteiger charge is -2.04. The number of halogens is 1. The molecule has 0 aromatic carbocycles. The van der Waals surface area contributed by atoms with Crippen LogP contribution in [0.5, 0.6) is 0 Å². The van der Waals surface area contributed by atoms with Crippen molar-refractivity contribution in [2.45, 2.75) is 4.90 Å². The van der Waals surface area contributed by atoms with Crippen LogP contribution in [0, 0.1) is 0 Å². The standard InChI is InChI=1S/C7H9BrN2S/c1-9-7-6(11-2)3-5(8)4-10-7/h3-4H,1-2H3,(H,9,10). The number of thioether (sulfide) groups is 1. The van der Waals surface area contributed by atoms with Crippen molar-refractivity contribution >= 4 is 33.5 Å². The average molecular weight is 233 g/mol. The van der Waals surface area contributed by atoms with Gasteiger partial charge in [-0.05, 0) is 28.3 Å². The van der Waals surface area contributed by atoms with Gasteiger partial charge in [-0.3, -0.25) is 0 Å². The highest BCUT2D eigenvalue weighted by atomic mass is 79.9. The molecule has 60 valence electrons. The largest absolute Gasteiger partial charge is 0.372 e. The minimum Gasteiger partial charge on any atom is -0.372 e. The van der Waals surface area contributed by atoms with Crippen LogP contribution in [-0.2, 0) is 0 Å². The molecule has 0 saturated heterocycles. The maximum atomic E-state index is 4.19. The Kier molecular flexibility index (Phi) is 3.20. The van der Waals surface area contributed by atoms with Crippen LogP contribution in [0.2, 0.25) is 0 Å². The van der Waals surface area contributed by atoms with E-state index < -0.39 is 0 Å². The molecule has 4 heteroatoms. The van der Waals surface area contributed by atoms with Crippen molar-refractivity contribution in [3.8, 4) is 0 Å². The van der Waals surface area contributed by atoms with Crippen LogP contribution in [0.4, 0.5) is 5.82 Å². The highest BCUT2D eigenvalue weighted by Crippen LogP contribution is 2.25. The van der Waals surface area contributed by atoms with Gasteiger partial charge >= 0.3 is 0 Å². The van der Waals surface area contributed by atoms with Crippen LogP contribution in [0.15, 0.2) is 21.6 Å². The monoisotopic (exact) mass is 232 g/mol. The molecule has 1 N–H and O–H groups in total. The second-order valence-electron chi connectivity index (χ2n) is 1.95. The first-order valence-corrected chi connectivity index (χ1v) is 5.17. The van der Waals surface area contributed by atoms with E-state index in [4.69, 9.17) is 0 Å². The Labute approximate surface area is 78.9 Å². The van der Waals surface area contributed by atoms with Gasteiger partial charge in [0.05, 0.1) is 4.90 Å². The Morgan fingerprint density at radius 1 is 1.64 bits per heavy atom. The Bertz CT molecular complexity index is 252. The number of pyridine rings is 1. The molecule has 0 bridgehead atoms. The molecule has 0 spiro atoms. The van der Waals surface area contributed by atoms with Crippen molar-refractivity contribution in [3.63, 3.8) is 0 Å². The van der Waals surface area contributed by atoms with Gasteiger partial charge in [0.15, 0.2) is 0 Å².